The van der Waals surface area contributed by atoms with Crippen LogP contribution >= 0.6 is 23.1 Å². The number of nitrogens with one attached hydrogen (secondary N) is 2. The molecule has 1 aliphatic heterocycles. The number of hydrogen-bond acceptors (Lipinski definition) is 4. The molecular weight excluding hydrogens is 771 g/mol. The van der Waals surface area contributed by atoms with E-state index in [4.69, 9.17) is 25.8 Å². The van der Waals surface area contributed by atoms with E-state index in [2.05, 4.69) is 106 Å². The molecule has 1 aliphatic rings. The largest absolute Gasteiger partial charge is 0.283 e. The lowest BCUT2D eigenvalue weighted by molar-refractivity contribution is 0.650. The third-order valence-electron chi connectivity index (χ3n) is 10.5. The first-order valence-corrected chi connectivity index (χ1v) is 21.9. The molecule has 2 heterocycles. The first-order valence-electron chi connectivity index (χ1n) is 20.3. The van der Waals surface area contributed by atoms with E-state index in [1.165, 1.54) is 36.4 Å². The minimum Gasteiger partial charge on any atom is -0.283 e. The molecule has 298 valence electrons. The maximum atomic E-state index is 9.13. The van der Waals surface area contributed by atoms with E-state index in [-0.39, 0.29) is 17.1 Å². The van der Waals surface area contributed by atoms with Crippen LogP contribution in [0, 0.1) is 10.8 Å². The number of benzene rings is 5. The Morgan fingerprint density at radius 1 is 0.750 bits per heavy atom. The van der Waals surface area contributed by atoms with Crippen LogP contribution in [0.25, 0.3) is 20.2 Å². The molecule has 0 aliphatic carbocycles. The fourth-order valence-corrected chi connectivity index (χ4v) is 9.86. The molecule has 5 nitrogen and oxygen atoms in total. The second-order valence-electron chi connectivity index (χ2n) is 15.2. The molecule has 2 N–H and O–H groups in total. The smallest absolute Gasteiger partial charge is 0.161 e. The van der Waals surface area contributed by atoms with Crippen LogP contribution in [0.2, 0.25) is 0 Å². The molecule has 0 saturated heterocycles. The molecule has 60 heavy (non-hydrogen) atoms. The summed E-state index contributed by atoms with van der Waals surface area (Å²) in [6.45, 7) is 14.9. The lowest BCUT2D eigenvalue weighted by atomic mass is 9.83. The van der Waals surface area contributed by atoms with Crippen molar-refractivity contribution in [2.24, 2.45) is 15.0 Å². The van der Waals surface area contributed by atoms with Crippen LogP contribution in [0.4, 0.5) is 0 Å². The molecule has 7 rings (SSSR count). The van der Waals surface area contributed by atoms with Crippen molar-refractivity contribution < 1.29 is 0 Å². The van der Waals surface area contributed by atoms with E-state index in [1.807, 2.05) is 79.9 Å². The second-order valence-corrected chi connectivity index (χ2v) is 17.4. The van der Waals surface area contributed by atoms with Crippen LogP contribution in [-0.2, 0) is 5.41 Å². The van der Waals surface area contributed by atoms with Gasteiger partial charge < -0.3 is 0 Å². The Morgan fingerprint density at radius 3 is 2.18 bits per heavy atom. The summed E-state index contributed by atoms with van der Waals surface area (Å²) in [5, 5.41) is 20.6. The molecular formula is C53H49N5S2. The Bertz CT molecular complexity index is 2780. The zero-order valence-corrected chi connectivity index (χ0v) is 36.0. The van der Waals surface area contributed by atoms with E-state index < -0.39 is 0 Å². The highest BCUT2D eigenvalue weighted by molar-refractivity contribution is 8.03. The molecule has 0 atom stereocenters. The number of thioether (sulfide) groups is 1. The van der Waals surface area contributed by atoms with Crippen LogP contribution in [-0.4, -0.2) is 29.4 Å². The average Bonchev–Trinajstić information content (AvgIpc) is 3.66. The highest BCUT2D eigenvalue weighted by atomic mass is 32.2. The second kappa shape index (κ2) is 19.2. The van der Waals surface area contributed by atoms with Crippen molar-refractivity contribution >= 4 is 72.7 Å². The molecule has 1 aromatic heterocycles. The number of amidine groups is 3. The zero-order valence-electron chi connectivity index (χ0n) is 34.4. The third-order valence-corrected chi connectivity index (χ3v) is 12.8. The molecule has 0 fully saturated rings. The Labute approximate surface area is 362 Å². The van der Waals surface area contributed by atoms with Crippen LogP contribution in [0.15, 0.2) is 206 Å². The van der Waals surface area contributed by atoms with Gasteiger partial charge in [0.2, 0.25) is 0 Å². The number of fused-ring (bicyclic) bond motifs is 4. The summed E-state index contributed by atoms with van der Waals surface area (Å²) >= 11 is 3.55. The quantitative estimate of drug-likeness (QED) is 0.0679. The zero-order chi connectivity index (χ0) is 42.1. The van der Waals surface area contributed by atoms with Gasteiger partial charge >= 0.3 is 0 Å². The summed E-state index contributed by atoms with van der Waals surface area (Å²) in [6.07, 6.45) is 13.0. The van der Waals surface area contributed by atoms with Crippen molar-refractivity contribution in [1.29, 1.82) is 10.8 Å². The predicted molar refractivity (Wildman–Crippen MR) is 261 cm³/mol. The topological polar surface area (TPSA) is 84.8 Å². The molecule has 6 aromatic rings. The van der Waals surface area contributed by atoms with Gasteiger partial charge in [-0.3, -0.25) is 10.8 Å². The van der Waals surface area contributed by atoms with Gasteiger partial charge in [-0.2, -0.15) is 0 Å². The lowest BCUT2D eigenvalue weighted by Gasteiger charge is -2.29. The monoisotopic (exact) mass is 819 g/mol. The molecule has 0 bridgehead atoms. The molecule has 0 amide bonds. The van der Waals surface area contributed by atoms with Gasteiger partial charge in [-0.15, -0.1) is 11.3 Å². The van der Waals surface area contributed by atoms with Crippen molar-refractivity contribution in [2.75, 3.05) is 0 Å². The number of rotatable bonds is 13. The van der Waals surface area contributed by atoms with Crippen LogP contribution in [0.5, 0.6) is 0 Å². The fraction of sp³-hybridized carbons (Fsp3) is 0.151. The van der Waals surface area contributed by atoms with Gasteiger partial charge in [-0.1, -0.05) is 173 Å². The van der Waals surface area contributed by atoms with Crippen LogP contribution in [0.1, 0.15) is 68.7 Å². The number of nitrogens with zero attached hydrogens (tertiary/aromatic N) is 3. The van der Waals surface area contributed by atoms with E-state index in [1.54, 1.807) is 29.2 Å². The summed E-state index contributed by atoms with van der Waals surface area (Å²) in [6, 6.07) is 43.1. The Morgan fingerprint density at radius 2 is 1.43 bits per heavy atom. The number of aliphatic imine (C=N–C) groups is 3. The van der Waals surface area contributed by atoms with Gasteiger partial charge in [0.25, 0.3) is 0 Å². The highest BCUT2D eigenvalue weighted by Crippen LogP contribution is 2.44. The molecule has 0 saturated carbocycles. The Kier molecular flexibility index (Phi) is 13.4. The van der Waals surface area contributed by atoms with Crippen LogP contribution < -0.4 is 0 Å². The molecule has 5 aromatic carbocycles. The molecule has 0 radical (unpaired) electrons. The Hall–Kier alpha value is -6.28. The summed E-state index contributed by atoms with van der Waals surface area (Å²) in [5.41, 5.74) is 7.11. The minimum atomic E-state index is -0.0547. The molecule has 7 heteroatoms. The van der Waals surface area contributed by atoms with Crippen molar-refractivity contribution in [3.63, 3.8) is 0 Å². The maximum absolute atomic E-state index is 9.13. The van der Waals surface area contributed by atoms with Crippen molar-refractivity contribution in [3.8, 4) is 0 Å². The molecule has 0 unspecified atom stereocenters. The number of hydrogen-bond donors (Lipinski definition) is 2. The Balaban J connectivity index is 1.09. The summed E-state index contributed by atoms with van der Waals surface area (Å²) in [5.74, 6) is 0.554. The van der Waals surface area contributed by atoms with Gasteiger partial charge in [0.1, 0.15) is 5.84 Å². The van der Waals surface area contributed by atoms with Crippen molar-refractivity contribution in [3.05, 3.63) is 209 Å². The van der Waals surface area contributed by atoms with Crippen molar-refractivity contribution in [1.82, 2.24) is 0 Å². The van der Waals surface area contributed by atoms with E-state index in [0.717, 1.165) is 39.9 Å². The SMILES string of the molecule is C=C/C(=C\C1=CC(C)(C)c2ccccc2S1)CCC/C(=N\C(=N)C(=C)/C=C(\CC)C(=N)/N=C(\N=C\c1cccc2c1sc1ccccc12)c1ccccc1)c1ccccc1. The first-order chi connectivity index (χ1) is 29.1. The minimum absolute atomic E-state index is 0.0541. The van der Waals surface area contributed by atoms with E-state index in [9.17, 15) is 0 Å². The first kappa shape index (κ1) is 41.9. The number of thiophene rings is 1. The molecule has 0 spiro atoms. The summed E-state index contributed by atoms with van der Waals surface area (Å²) < 4.78 is 2.39. The van der Waals surface area contributed by atoms with Gasteiger partial charge in [0, 0.05) is 58.3 Å². The highest BCUT2D eigenvalue weighted by Gasteiger charge is 2.26. The standard InChI is InChI=1S/C53H49N5S2/c1-6-37(33-42-34-53(4,5)45-28-15-17-31-48(45)59-42)20-18-29-46(39-21-10-8-11-22-39)57-50(54)36(3)32-38(7-2)51(55)58-52(40-23-12-9-13-24-40)56-35-41-25-19-27-44-43-26-14-16-30-47(43)60-49(41)44/h6,8-17,19,21-28,30-35,54-55H,1,3,7,18,20,29H2,2,4-5H3/b37-33+,38-32+,54-50?,55-51?,56-35+,57-46+,58-52-. The van der Waals surface area contributed by atoms with E-state index in [0.29, 0.717) is 29.8 Å². The van der Waals surface area contributed by atoms with Gasteiger partial charge in [-0.25, -0.2) is 15.0 Å². The van der Waals surface area contributed by atoms with Crippen molar-refractivity contribution in [2.45, 2.75) is 56.8 Å². The average molecular weight is 820 g/mol. The summed E-state index contributed by atoms with van der Waals surface area (Å²) in [7, 11) is 0. The lowest BCUT2D eigenvalue weighted by Crippen LogP contribution is -2.18. The summed E-state index contributed by atoms with van der Waals surface area (Å²) in [4.78, 5) is 17.0. The maximum Gasteiger partial charge on any atom is 0.161 e. The van der Waals surface area contributed by atoms with E-state index >= 15 is 0 Å². The predicted octanol–water partition coefficient (Wildman–Crippen LogP) is 14.5. The van der Waals surface area contributed by atoms with Gasteiger partial charge in [0.15, 0.2) is 11.7 Å². The number of allylic oxidation sites excluding steroid dienone is 4. The van der Waals surface area contributed by atoms with Gasteiger partial charge in [-0.05, 0) is 72.2 Å². The third kappa shape index (κ3) is 9.94. The normalized spacial score (nSPS) is 14.6. The van der Waals surface area contributed by atoms with Gasteiger partial charge in [0.05, 0.1) is 5.71 Å². The fourth-order valence-electron chi connectivity index (χ4n) is 7.28. The van der Waals surface area contributed by atoms with Crippen LogP contribution in [0.3, 0.4) is 0 Å².